The highest BCUT2D eigenvalue weighted by Crippen LogP contribution is 2.20. The lowest BCUT2D eigenvalue weighted by Gasteiger charge is -2.19. The number of fused-ring (bicyclic) bond motifs is 1. The molecule has 0 aliphatic carbocycles. The average Bonchev–Trinajstić information content (AvgIpc) is 2.68. The van der Waals surface area contributed by atoms with E-state index in [0.717, 1.165) is 0 Å². The summed E-state index contributed by atoms with van der Waals surface area (Å²) in [7, 11) is -1.62. The van der Waals surface area contributed by atoms with Gasteiger partial charge in [0.15, 0.2) is 5.58 Å². The standard InChI is InChI=1S/C13H17N3O3S/c1-13(2,3)16-11(17)7-20(18)12-15-9-5-4-8(14)6-10(9)19-12/h4-6H,7,14H2,1-3H3,(H,16,17). The highest BCUT2D eigenvalue weighted by molar-refractivity contribution is 7.85. The molecule has 0 bridgehead atoms. The Morgan fingerprint density at radius 3 is 2.80 bits per heavy atom. The highest BCUT2D eigenvalue weighted by Gasteiger charge is 2.20. The first kappa shape index (κ1) is 14.5. The van der Waals surface area contributed by atoms with Crippen molar-refractivity contribution in [2.24, 2.45) is 0 Å². The average molecular weight is 295 g/mol. The second kappa shape index (κ2) is 5.24. The topological polar surface area (TPSA) is 98.2 Å². The van der Waals surface area contributed by atoms with Gasteiger partial charge in [0.1, 0.15) is 22.1 Å². The van der Waals surface area contributed by atoms with Gasteiger partial charge in [0, 0.05) is 17.3 Å². The molecule has 108 valence electrons. The monoisotopic (exact) mass is 295 g/mol. The predicted octanol–water partition coefficient (Wildman–Crippen LogP) is 1.43. The minimum atomic E-state index is -1.62. The van der Waals surface area contributed by atoms with E-state index < -0.39 is 10.8 Å². The maximum absolute atomic E-state index is 12.1. The summed E-state index contributed by atoms with van der Waals surface area (Å²) >= 11 is 0. The molecule has 0 saturated carbocycles. The molecular formula is C13H17N3O3S. The molecule has 1 atom stereocenters. The zero-order valence-electron chi connectivity index (χ0n) is 11.6. The molecular weight excluding hydrogens is 278 g/mol. The van der Waals surface area contributed by atoms with Crippen molar-refractivity contribution in [3.63, 3.8) is 0 Å². The SMILES string of the molecule is CC(C)(C)NC(=O)CS(=O)c1nc2ccc(N)cc2o1. The van der Waals surface area contributed by atoms with Crippen molar-refractivity contribution in [3.8, 4) is 0 Å². The normalized spacial score (nSPS) is 13.3. The summed E-state index contributed by atoms with van der Waals surface area (Å²) in [5.74, 6) is -0.489. The Balaban J connectivity index is 2.13. The summed E-state index contributed by atoms with van der Waals surface area (Å²) < 4.78 is 17.4. The van der Waals surface area contributed by atoms with Crippen LogP contribution in [0.2, 0.25) is 0 Å². The summed E-state index contributed by atoms with van der Waals surface area (Å²) in [4.78, 5) is 15.8. The number of benzene rings is 1. The van der Waals surface area contributed by atoms with Gasteiger partial charge in [0.25, 0.3) is 5.22 Å². The van der Waals surface area contributed by atoms with Gasteiger partial charge in [-0.1, -0.05) is 0 Å². The zero-order chi connectivity index (χ0) is 14.9. The van der Waals surface area contributed by atoms with Gasteiger partial charge < -0.3 is 15.5 Å². The number of carbonyl (C=O) groups excluding carboxylic acids is 1. The number of hydrogen-bond donors (Lipinski definition) is 2. The van der Waals surface area contributed by atoms with Gasteiger partial charge in [0.2, 0.25) is 5.91 Å². The molecule has 0 saturated heterocycles. The van der Waals surface area contributed by atoms with Crippen LogP contribution < -0.4 is 11.1 Å². The van der Waals surface area contributed by atoms with Crippen molar-refractivity contribution in [2.45, 2.75) is 31.5 Å². The van der Waals surface area contributed by atoms with Crippen LogP contribution in [0, 0.1) is 0 Å². The van der Waals surface area contributed by atoms with Crippen molar-refractivity contribution in [3.05, 3.63) is 18.2 Å². The smallest absolute Gasteiger partial charge is 0.288 e. The second-order valence-corrected chi connectivity index (χ2v) is 6.82. The molecule has 6 nitrogen and oxygen atoms in total. The van der Waals surface area contributed by atoms with E-state index in [-0.39, 0.29) is 22.4 Å². The van der Waals surface area contributed by atoms with E-state index >= 15 is 0 Å². The fourth-order valence-electron chi connectivity index (χ4n) is 1.65. The third-order valence-corrected chi connectivity index (χ3v) is 3.45. The molecule has 7 heteroatoms. The molecule has 3 N–H and O–H groups in total. The minimum Gasteiger partial charge on any atom is -0.430 e. The van der Waals surface area contributed by atoms with Crippen LogP contribution in [-0.2, 0) is 15.6 Å². The molecule has 1 unspecified atom stereocenters. The number of anilines is 1. The van der Waals surface area contributed by atoms with Crippen LogP contribution in [-0.4, -0.2) is 26.4 Å². The van der Waals surface area contributed by atoms with Crippen LogP contribution in [0.5, 0.6) is 0 Å². The number of oxazole rings is 1. The summed E-state index contributed by atoms with van der Waals surface area (Å²) in [5.41, 5.74) is 6.84. The number of nitrogens with one attached hydrogen (secondary N) is 1. The van der Waals surface area contributed by atoms with E-state index in [1.165, 1.54) is 0 Å². The van der Waals surface area contributed by atoms with Crippen molar-refractivity contribution < 1.29 is 13.4 Å². The van der Waals surface area contributed by atoms with Gasteiger partial charge in [-0.25, -0.2) is 9.19 Å². The summed E-state index contributed by atoms with van der Waals surface area (Å²) in [6.07, 6.45) is 0. The van der Waals surface area contributed by atoms with Crippen LogP contribution >= 0.6 is 0 Å². The number of aromatic nitrogens is 1. The van der Waals surface area contributed by atoms with E-state index in [1.807, 2.05) is 20.8 Å². The fourth-order valence-corrected chi connectivity index (χ4v) is 2.47. The zero-order valence-corrected chi connectivity index (χ0v) is 12.4. The lowest BCUT2D eigenvalue weighted by Crippen LogP contribution is -2.42. The van der Waals surface area contributed by atoms with Gasteiger partial charge in [-0.15, -0.1) is 0 Å². The van der Waals surface area contributed by atoms with Crippen molar-refractivity contribution in [2.75, 3.05) is 11.5 Å². The van der Waals surface area contributed by atoms with Crippen LogP contribution in [0.15, 0.2) is 27.8 Å². The van der Waals surface area contributed by atoms with Crippen LogP contribution in [0.3, 0.4) is 0 Å². The Morgan fingerprint density at radius 1 is 1.45 bits per heavy atom. The number of nitrogens with zero attached hydrogens (tertiary/aromatic N) is 1. The van der Waals surface area contributed by atoms with E-state index in [1.54, 1.807) is 18.2 Å². The van der Waals surface area contributed by atoms with Gasteiger partial charge in [-0.05, 0) is 32.9 Å². The molecule has 0 spiro atoms. The fraction of sp³-hybridized carbons (Fsp3) is 0.385. The van der Waals surface area contributed by atoms with Gasteiger partial charge >= 0.3 is 0 Å². The summed E-state index contributed by atoms with van der Waals surface area (Å²) in [6, 6.07) is 4.98. The molecule has 0 radical (unpaired) electrons. The number of nitrogen functional groups attached to an aromatic ring is 1. The largest absolute Gasteiger partial charge is 0.430 e. The van der Waals surface area contributed by atoms with Crippen molar-refractivity contribution in [1.29, 1.82) is 0 Å². The molecule has 1 aromatic heterocycles. The van der Waals surface area contributed by atoms with Crippen LogP contribution in [0.25, 0.3) is 11.1 Å². The third-order valence-electron chi connectivity index (χ3n) is 2.36. The number of carbonyl (C=O) groups is 1. The number of amides is 1. The lowest BCUT2D eigenvalue weighted by atomic mass is 10.1. The first-order valence-corrected chi connectivity index (χ1v) is 7.42. The number of hydrogen-bond acceptors (Lipinski definition) is 5. The van der Waals surface area contributed by atoms with E-state index in [0.29, 0.717) is 16.8 Å². The number of nitrogens with two attached hydrogens (primary N) is 1. The molecule has 1 aromatic carbocycles. The Kier molecular flexibility index (Phi) is 3.80. The molecule has 0 aliphatic heterocycles. The lowest BCUT2D eigenvalue weighted by molar-refractivity contribution is -0.119. The summed E-state index contributed by atoms with van der Waals surface area (Å²) in [6.45, 7) is 5.57. The van der Waals surface area contributed by atoms with Crippen LogP contribution in [0.4, 0.5) is 5.69 Å². The van der Waals surface area contributed by atoms with E-state index in [4.69, 9.17) is 10.2 Å². The Hall–Kier alpha value is -1.89. The Bertz CT molecular complexity index is 673. The predicted molar refractivity (Wildman–Crippen MR) is 77.6 cm³/mol. The van der Waals surface area contributed by atoms with Gasteiger partial charge in [-0.3, -0.25) is 4.79 Å². The highest BCUT2D eigenvalue weighted by atomic mass is 32.2. The van der Waals surface area contributed by atoms with Gasteiger partial charge in [-0.2, -0.15) is 0 Å². The molecule has 1 heterocycles. The molecule has 1 amide bonds. The Labute approximate surface area is 119 Å². The molecule has 2 aromatic rings. The quantitative estimate of drug-likeness (QED) is 0.835. The summed E-state index contributed by atoms with van der Waals surface area (Å²) in [5, 5.41) is 2.78. The van der Waals surface area contributed by atoms with E-state index in [9.17, 15) is 9.00 Å². The van der Waals surface area contributed by atoms with E-state index in [2.05, 4.69) is 10.3 Å². The van der Waals surface area contributed by atoms with Crippen molar-refractivity contribution in [1.82, 2.24) is 10.3 Å². The maximum Gasteiger partial charge on any atom is 0.288 e. The van der Waals surface area contributed by atoms with Crippen molar-refractivity contribution >= 4 is 33.5 Å². The molecule has 0 fully saturated rings. The second-order valence-electron chi connectivity index (χ2n) is 5.49. The minimum absolute atomic E-state index is 0.0367. The third kappa shape index (κ3) is 3.57. The molecule has 2 rings (SSSR count). The van der Waals surface area contributed by atoms with Gasteiger partial charge in [0.05, 0.1) is 0 Å². The molecule has 20 heavy (non-hydrogen) atoms. The Morgan fingerprint density at radius 2 is 2.15 bits per heavy atom. The first-order valence-electron chi connectivity index (χ1n) is 6.10. The van der Waals surface area contributed by atoms with Crippen LogP contribution in [0.1, 0.15) is 20.8 Å². The molecule has 0 aliphatic rings. The maximum atomic E-state index is 12.1. The first-order chi connectivity index (χ1) is 9.24. The number of rotatable bonds is 3.